The highest BCUT2D eigenvalue weighted by Crippen LogP contribution is 2.43. The molecule has 2 aromatic carbocycles. The Morgan fingerprint density at radius 1 is 1.15 bits per heavy atom. The average molecular weight is 470 g/mol. The zero-order valence-corrected chi connectivity index (χ0v) is 20.4. The summed E-state index contributed by atoms with van der Waals surface area (Å²) in [5, 5.41) is 2.82. The van der Waals surface area contributed by atoms with Gasteiger partial charge in [0.15, 0.2) is 0 Å². The molecule has 1 N–H and O–H groups in total. The quantitative estimate of drug-likeness (QED) is 0.724. The lowest BCUT2D eigenvalue weighted by Crippen LogP contribution is -2.40. The van der Waals surface area contributed by atoms with Crippen LogP contribution in [0.3, 0.4) is 0 Å². The lowest BCUT2D eigenvalue weighted by Gasteiger charge is -2.30. The van der Waals surface area contributed by atoms with Crippen molar-refractivity contribution in [2.45, 2.75) is 50.8 Å². The summed E-state index contributed by atoms with van der Waals surface area (Å²) in [6.07, 6.45) is 1.87. The van der Waals surface area contributed by atoms with Gasteiger partial charge in [0.25, 0.3) is 0 Å². The van der Waals surface area contributed by atoms with Crippen molar-refractivity contribution in [2.75, 3.05) is 29.9 Å². The van der Waals surface area contributed by atoms with E-state index in [9.17, 15) is 18.0 Å². The maximum Gasteiger partial charge on any atom is 0.244 e. The van der Waals surface area contributed by atoms with Gasteiger partial charge in [-0.15, -0.1) is 0 Å². The minimum Gasteiger partial charge on any atom is -0.325 e. The van der Waals surface area contributed by atoms with Crippen LogP contribution in [0, 0.1) is 12.8 Å². The number of sulfonamides is 1. The number of amides is 2. The van der Waals surface area contributed by atoms with Gasteiger partial charge >= 0.3 is 0 Å². The molecule has 1 unspecified atom stereocenters. The van der Waals surface area contributed by atoms with Gasteiger partial charge in [0.05, 0.1) is 10.3 Å². The molecule has 2 heterocycles. The van der Waals surface area contributed by atoms with Crippen LogP contribution in [0.5, 0.6) is 0 Å². The predicted octanol–water partition coefficient (Wildman–Crippen LogP) is 3.68. The molecule has 1 saturated heterocycles. The van der Waals surface area contributed by atoms with Crippen molar-refractivity contribution >= 4 is 33.2 Å². The van der Waals surface area contributed by atoms with E-state index in [0.29, 0.717) is 35.9 Å². The Labute approximate surface area is 195 Å². The van der Waals surface area contributed by atoms with Crippen molar-refractivity contribution in [1.29, 1.82) is 0 Å². The zero-order chi connectivity index (χ0) is 24.0. The van der Waals surface area contributed by atoms with Crippen LogP contribution in [0.25, 0.3) is 0 Å². The van der Waals surface area contributed by atoms with Crippen LogP contribution < -0.4 is 10.2 Å². The van der Waals surface area contributed by atoms with Crippen molar-refractivity contribution in [2.24, 2.45) is 5.92 Å². The monoisotopic (exact) mass is 469 g/mol. The Bertz CT molecular complexity index is 1190. The van der Waals surface area contributed by atoms with Crippen molar-refractivity contribution in [3.63, 3.8) is 0 Å². The lowest BCUT2D eigenvalue weighted by atomic mass is 9.86. The summed E-state index contributed by atoms with van der Waals surface area (Å²) in [4.78, 5) is 27.5. The van der Waals surface area contributed by atoms with E-state index in [1.165, 1.54) is 4.90 Å². The van der Waals surface area contributed by atoms with Gasteiger partial charge in [0, 0.05) is 24.5 Å². The van der Waals surface area contributed by atoms with Gasteiger partial charge in [-0.3, -0.25) is 9.59 Å². The van der Waals surface area contributed by atoms with Crippen LogP contribution in [0.4, 0.5) is 11.4 Å². The van der Waals surface area contributed by atoms with Crippen molar-refractivity contribution < 1.29 is 18.0 Å². The number of hydrogen-bond donors (Lipinski definition) is 1. The molecule has 0 aliphatic carbocycles. The molecule has 0 bridgehead atoms. The van der Waals surface area contributed by atoms with E-state index in [4.69, 9.17) is 0 Å². The smallest absolute Gasteiger partial charge is 0.244 e. The number of aryl methyl sites for hydroxylation is 1. The van der Waals surface area contributed by atoms with Crippen molar-refractivity contribution in [1.82, 2.24) is 4.31 Å². The third-order valence-corrected chi connectivity index (χ3v) is 8.47. The second-order valence-corrected chi connectivity index (χ2v) is 11.7. The van der Waals surface area contributed by atoms with Crippen molar-refractivity contribution in [3.05, 3.63) is 53.6 Å². The fourth-order valence-electron chi connectivity index (χ4n) is 4.63. The molecule has 2 aliphatic heterocycles. The molecule has 4 rings (SSSR count). The number of rotatable bonds is 5. The number of fused-ring (bicyclic) bond motifs is 1. The summed E-state index contributed by atoms with van der Waals surface area (Å²) in [5.41, 5.74) is 2.02. The molecule has 0 aromatic heterocycles. The van der Waals surface area contributed by atoms with E-state index in [0.717, 1.165) is 18.4 Å². The molecule has 1 atom stereocenters. The molecule has 33 heavy (non-hydrogen) atoms. The SMILES string of the molecule is Cc1ccc(NC(=O)CN2C(=O)C(C)(C)c3cc(S(=O)(=O)N4CCCC(C)C4)ccc32)cc1. The van der Waals surface area contributed by atoms with E-state index < -0.39 is 15.4 Å². The molecule has 2 aromatic rings. The number of piperidine rings is 1. The minimum atomic E-state index is -3.64. The largest absolute Gasteiger partial charge is 0.325 e. The highest BCUT2D eigenvalue weighted by molar-refractivity contribution is 7.89. The van der Waals surface area contributed by atoms with E-state index in [-0.39, 0.29) is 23.3 Å². The van der Waals surface area contributed by atoms with Crippen LogP contribution in [0.1, 0.15) is 44.7 Å². The highest BCUT2D eigenvalue weighted by atomic mass is 32.2. The number of carbonyl (C=O) groups is 2. The highest BCUT2D eigenvalue weighted by Gasteiger charge is 2.45. The Morgan fingerprint density at radius 3 is 2.52 bits per heavy atom. The molecule has 7 nitrogen and oxygen atoms in total. The Morgan fingerprint density at radius 2 is 1.85 bits per heavy atom. The summed E-state index contributed by atoms with van der Waals surface area (Å²) < 4.78 is 28.1. The molecule has 0 saturated carbocycles. The molecular formula is C25H31N3O4S. The van der Waals surface area contributed by atoms with E-state index in [1.807, 2.05) is 31.2 Å². The third kappa shape index (κ3) is 4.42. The topological polar surface area (TPSA) is 86.8 Å². The van der Waals surface area contributed by atoms with Crippen LogP contribution in [0.2, 0.25) is 0 Å². The standard InChI is InChI=1S/C25H31N3O4S/c1-17-7-9-19(10-8-17)26-23(29)16-28-22-12-11-20(14-21(22)25(3,4)24(28)30)33(31,32)27-13-5-6-18(2)15-27/h7-12,14,18H,5-6,13,15-16H2,1-4H3,(H,26,29). The van der Waals surface area contributed by atoms with Crippen LogP contribution in [-0.2, 0) is 25.0 Å². The number of benzene rings is 2. The maximum atomic E-state index is 13.3. The molecule has 0 spiro atoms. The van der Waals surface area contributed by atoms with Gasteiger partial charge in [-0.05, 0) is 75.4 Å². The first kappa shape index (κ1) is 23.4. The van der Waals surface area contributed by atoms with Gasteiger partial charge in [0.2, 0.25) is 21.8 Å². The lowest BCUT2D eigenvalue weighted by molar-refractivity contribution is -0.124. The molecular weight excluding hydrogens is 438 g/mol. The first-order valence-corrected chi connectivity index (χ1v) is 12.8. The fraction of sp³-hybridized carbons (Fsp3) is 0.440. The summed E-state index contributed by atoms with van der Waals surface area (Å²) in [6, 6.07) is 12.2. The third-order valence-electron chi connectivity index (χ3n) is 6.61. The average Bonchev–Trinajstić information content (AvgIpc) is 2.95. The molecule has 2 amide bonds. The van der Waals surface area contributed by atoms with Crippen molar-refractivity contribution in [3.8, 4) is 0 Å². The number of hydrogen-bond acceptors (Lipinski definition) is 4. The Hall–Kier alpha value is -2.71. The van der Waals surface area contributed by atoms with Gasteiger partial charge < -0.3 is 10.2 Å². The van der Waals surface area contributed by atoms with Crippen LogP contribution in [-0.4, -0.2) is 44.2 Å². The summed E-state index contributed by atoms with van der Waals surface area (Å²) in [7, 11) is -3.64. The zero-order valence-electron chi connectivity index (χ0n) is 19.6. The first-order valence-electron chi connectivity index (χ1n) is 11.3. The molecule has 1 fully saturated rings. The summed E-state index contributed by atoms with van der Waals surface area (Å²) >= 11 is 0. The normalized spacial score (nSPS) is 20.5. The second kappa shape index (κ2) is 8.57. The molecule has 0 radical (unpaired) electrons. The first-order chi connectivity index (χ1) is 15.5. The minimum absolute atomic E-state index is 0.140. The predicted molar refractivity (Wildman–Crippen MR) is 129 cm³/mol. The number of nitrogens with one attached hydrogen (secondary N) is 1. The van der Waals surface area contributed by atoms with Crippen LogP contribution in [0.15, 0.2) is 47.4 Å². The van der Waals surface area contributed by atoms with Gasteiger partial charge in [-0.2, -0.15) is 4.31 Å². The van der Waals surface area contributed by atoms with E-state index >= 15 is 0 Å². The number of carbonyl (C=O) groups excluding carboxylic acids is 2. The molecule has 2 aliphatic rings. The Balaban J connectivity index is 1.59. The number of nitrogens with zero attached hydrogens (tertiary/aromatic N) is 2. The van der Waals surface area contributed by atoms with E-state index in [2.05, 4.69) is 12.2 Å². The summed E-state index contributed by atoms with van der Waals surface area (Å²) in [5.74, 6) is -0.212. The number of anilines is 2. The molecule has 8 heteroatoms. The summed E-state index contributed by atoms with van der Waals surface area (Å²) in [6.45, 7) is 8.44. The fourth-order valence-corrected chi connectivity index (χ4v) is 6.25. The molecule has 176 valence electrons. The second-order valence-electron chi connectivity index (χ2n) is 9.72. The maximum absolute atomic E-state index is 13.3. The van der Waals surface area contributed by atoms with Gasteiger partial charge in [-0.1, -0.05) is 24.6 Å². The van der Waals surface area contributed by atoms with E-state index in [1.54, 1.807) is 36.4 Å². The van der Waals surface area contributed by atoms with Gasteiger partial charge in [0.1, 0.15) is 6.54 Å². The van der Waals surface area contributed by atoms with Gasteiger partial charge in [-0.25, -0.2) is 8.42 Å². The van der Waals surface area contributed by atoms with Crippen LogP contribution >= 0.6 is 0 Å². The Kier molecular flexibility index (Phi) is 6.09.